The second kappa shape index (κ2) is 8.78. The molecular weight excluding hydrogens is 405 g/mol. The second-order valence-corrected chi connectivity index (χ2v) is 7.96. The van der Waals surface area contributed by atoms with Gasteiger partial charge in [0.25, 0.3) is 5.56 Å². The number of hydrogen-bond acceptors (Lipinski definition) is 4. The molecule has 2 aromatic carbocycles. The molecule has 1 aliphatic heterocycles. The summed E-state index contributed by atoms with van der Waals surface area (Å²) in [7, 11) is 0. The average Bonchev–Trinajstić information content (AvgIpc) is 3.39. The Balaban J connectivity index is 1.44. The number of anilines is 1. The summed E-state index contributed by atoms with van der Waals surface area (Å²) >= 11 is 0. The third-order valence-corrected chi connectivity index (χ3v) is 5.80. The molecule has 0 spiro atoms. The van der Waals surface area contributed by atoms with Crippen LogP contribution < -0.4 is 10.9 Å². The van der Waals surface area contributed by atoms with Crippen molar-refractivity contribution in [1.29, 1.82) is 0 Å². The SMILES string of the molecule is O=c1c(Cc2ccc(F)cc2)c(-c2ccnc(NCCc3ccccc3)n2)n2n1CCC2. The quantitative estimate of drug-likeness (QED) is 0.484. The third kappa shape index (κ3) is 4.06. The minimum atomic E-state index is -0.285. The highest BCUT2D eigenvalue weighted by atomic mass is 19.1. The van der Waals surface area contributed by atoms with Crippen LogP contribution in [0.25, 0.3) is 11.4 Å². The zero-order valence-electron chi connectivity index (χ0n) is 17.7. The molecule has 162 valence electrons. The molecule has 0 saturated carbocycles. The molecule has 0 fully saturated rings. The van der Waals surface area contributed by atoms with Gasteiger partial charge in [0.2, 0.25) is 5.95 Å². The van der Waals surface area contributed by atoms with Crippen molar-refractivity contribution in [1.82, 2.24) is 19.3 Å². The molecule has 0 aliphatic carbocycles. The van der Waals surface area contributed by atoms with Crippen LogP contribution in [0.3, 0.4) is 0 Å². The maximum atomic E-state index is 13.3. The summed E-state index contributed by atoms with van der Waals surface area (Å²) in [6.07, 6.45) is 3.94. The molecule has 0 amide bonds. The lowest BCUT2D eigenvalue weighted by atomic mass is 10.0. The van der Waals surface area contributed by atoms with Gasteiger partial charge >= 0.3 is 0 Å². The number of fused-ring (bicyclic) bond motifs is 1. The van der Waals surface area contributed by atoms with Gasteiger partial charge < -0.3 is 5.32 Å². The lowest BCUT2D eigenvalue weighted by Gasteiger charge is -2.10. The van der Waals surface area contributed by atoms with Crippen LogP contribution in [-0.4, -0.2) is 25.9 Å². The van der Waals surface area contributed by atoms with Gasteiger partial charge in [0.05, 0.1) is 17.0 Å². The molecule has 3 heterocycles. The van der Waals surface area contributed by atoms with Crippen LogP contribution >= 0.6 is 0 Å². The molecular formula is C25H24FN5O. The highest BCUT2D eigenvalue weighted by Gasteiger charge is 2.25. The van der Waals surface area contributed by atoms with Crippen LogP contribution in [0.15, 0.2) is 71.7 Å². The molecule has 32 heavy (non-hydrogen) atoms. The summed E-state index contributed by atoms with van der Waals surface area (Å²) in [4.78, 5) is 22.2. The van der Waals surface area contributed by atoms with Gasteiger partial charge in [-0.2, -0.15) is 0 Å². The monoisotopic (exact) mass is 429 g/mol. The molecule has 0 atom stereocenters. The standard InChI is InChI=1S/C25H24FN5O/c26-20-9-7-19(8-10-20)17-21-23(30-15-4-16-31(30)24(21)32)22-12-14-28-25(29-22)27-13-11-18-5-2-1-3-6-18/h1-3,5-10,12,14H,4,11,13,15-17H2,(H,27,28,29). The van der Waals surface area contributed by atoms with Crippen molar-refractivity contribution in [3.8, 4) is 11.4 Å². The maximum absolute atomic E-state index is 13.3. The van der Waals surface area contributed by atoms with Gasteiger partial charge in [0.1, 0.15) is 5.82 Å². The Kier molecular flexibility index (Phi) is 5.54. The number of rotatable bonds is 7. The van der Waals surface area contributed by atoms with Gasteiger partial charge in [-0.1, -0.05) is 42.5 Å². The van der Waals surface area contributed by atoms with E-state index >= 15 is 0 Å². The van der Waals surface area contributed by atoms with E-state index in [1.807, 2.05) is 28.9 Å². The van der Waals surface area contributed by atoms with E-state index in [-0.39, 0.29) is 11.4 Å². The Morgan fingerprint density at radius 3 is 2.53 bits per heavy atom. The first kappa shape index (κ1) is 20.2. The van der Waals surface area contributed by atoms with Crippen molar-refractivity contribution in [2.45, 2.75) is 32.4 Å². The largest absolute Gasteiger partial charge is 0.354 e. The smallest absolute Gasteiger partial charge is 0.270 e. The Morgan fingerprint density at radius 2 is 1.72 bits per heavy atom. The number of nitrogens with zero attached hydrogens (tertiary/aromatic N) is 4. The first-order valence-corrected chi connectivity index (χ1v) is 10.9. The van der Waals surface area contributed by atoms with Gasteiger partial charge in [0, 0.05) is 32.3 Å². The van der Waals surface area contributed by atoms with Crippen LogP contribution in [0, 0.1) is 5.82 Å². The first-order chi connectivity index (χ1) is 15.7. The summed E-state index contributed by atoms with van der Waals surface area (Å²) in [6, 6.07) is 18.4. The number of hydrogen-bond donors (Lipinski definition) is 1. The number of benzene rings is 2. The number of nitrogens with one attached hydrogen (secondary N) is 1. The van der Waals surface area contributed by atoms with Gasteiger partial charge in [-0.05, 0) is 42.2 Å². The van der Waals surface area contributed by atoms with E-state index in [0.717, 1.165) is 36.3 Å². The summed E-state index contributed by atoms with van der Waals surface area (Å²) in [5, 5.41) is 3.30. The summed E-state index contributed by atoms with van der Waals surface area (Å²) in [5.74, 6) is 0.254. The topological polar surface area (TPSA) is 64.7 Å². The van der Waals surface area contributed by atoms with Crippen molar-refractivity contribution in [3.63, 3.8) is 0 Å². The Labute approximate surface area is 185 Å². The molecule has 1 aliphatic rings. The molecule has 2 aromatic heterocycles. The molecule has 0 radical (unpaired) electrons. The van der Waals surface area contributed by atoms with Gasteiger partial charge in [-0.3, -0.25) is 9.48 Å². The van der Waals surface area contributed by atoms with Gasteiger partial charge in [0.15, 0.2) is 0 Å². The Morgan fingerprint density at radius 1 is 0.938 bits per heavy atom. The van der Waals surface area contributed by atoms with Crippen molar-refractivity contribution in [2.75, 3.05) is 11.9 Å². The van der Waals surface area contributed by atoms with Crippen LogP contribution in [0.4, 0.5) is 10.3 Å². The Hall–Kier alpha value is -3.74. The highest BCUT2D eigenvalue weighted by Crippen LogP contribution is 2.26. The van der Waals surface area contributed by atoms with E-state index in [4.69, 9.17) is 4.98 Å². The molecule has 0 saturated heterocycles. The molecule has 0 unspecified atom stereocenters. The van der Waals surface area contributed by atoms with Crippen LogP contribution in [-0.2, 0) is 25.9 Å². The van der Waals surface area contributed by atoms with E-state index in [1.165, 1.54) is 17.7 Å². The van der Waals surface area contributed by atoms with E-state index in [2.05, 4.69) is 22.4 Å². The molecule has 6 nitrogen and oxygen atoms in total. The predicted molar refractivity (Wildman–Crippen MR) is 122 cm³/mol. The molecule has 4 aromatic rings. The summed E-state index contributed by atoms with van der Waals surface area (Å²) in [6.45, 7) is 2.18. The highest BCUT2D eigenvalue weighted by molar-refractivity contribution is 5.61. The lowest BCUT2D eigenvalue weighted by Crippen LogP contribution is -2.18. The number of halogens is 1. The lowest BCUT2D eigenvalue weighted by molar-refractivity contribution is 0.598. The predicted octanol–water partition coefficient (Wildman–Crippen LogP) is 3.90. The second-order valence-electron chi connectivity index (χ2n) is 7.96. The first-order valence-electron chi connectivity index (χ1n) is 10.9. The fraction of sp³-hybridized carbons (Fsp3) is 0.240. The zero-order chi connectivity index (χ0) is 21.9. The van der Waals surface area contributed by atoms with Crippen molar-refractivity contribution in [2.24, 2.45) is 0 Å². The van der Waals surface area contributed by atoms with Crippen LogP contribution in [0.1, 0.15) is 23.1 Å². The van der Waals surface area contributed by atoms with Gasteiger partial charge in [-0.15, -0.1) is 0 Å². The minimum absolute atomic E-state index is 0.000904. The van der Waals surface area contributed by atoms with E-state index in [0.29, 0.717) is 31.0 Å². The zero-order valence-corrected chi connectivity index (χ0v) is 17.7. The molecule has 7 heteroatoms. The van der Waals surface area contributed by atoms with Crippen molar-refractivity contribution in [3.05, 3.63) is 99.7 Å². The van der Waals surface area contributed by atoms with E-state index in [1.54, 1.807) is 23.0 Å². The maximum Gasteiger partial charge on any atom is 0.270 e. The molecule has 1 N–H and O–H groups in total. The fourth-order valence-electron chi connectivity index (χ4n) is 4.26. The van der Waals surface area contributed by atoms with Crippen molar-refractivity contribution < 1.29 is 4.39 Å². The minimum Gasteiger partial charge on any atom is -0.354 e. The van der Waals surface area contributed by atoms with Crippen LogP contribution in [0.2, 0.25) is 0 Å². The normalized spacial score (nSPS) is 12.7. The average molecular weight is 429 g/mol. The molecule has 0 bridgehead atoms. The third-order valence-electron chi connectivity index (χ3n) is 5.80. The molecule has 5 rings (SSSR count). The fourth-order valence-corrected chi connectivity index (χ4v) is 4.26. The van der Waals surface area contributed by atoms with Crippen molar-refractivity contribution >= 4 is 5.95 Å². The van der Waals surface area contributed by atoms with Gasteiger partial charge in [-0.25, -0.2) is 19.0 Å². The number of aromatic nitrogens is 4. The Bertz CT molecular complexity index is 1280. The summed E-state index contributed by atoms with van der Waals surface area (Å²) in [5.41, 5.74) is 4.37. The van der Waals surface area contributed by atoms with Crippen LogP contribution in [0.5, 0.6) is 0 Å². The van der Waals surface area contributed by atoms with E-state index in [9.17, 15) is 9.18 Å². The van der Waals surface area contributed by atoms with E-state index < -0.39 is 0 Å². The summed E-state index contributed by atoms with van der Waals surface area (Å²) < 4.78 is 17.2.